The van der Waals surface area contributed by atoms with Gasteiger partial charge in [-0.3, -0.25) is 0 Å². The van der Waals surface area contributed by atoms with E-state index in [9.17, 15) is 0 Å². The van der Waals surface area contributed by atoms with Crippen molar-refractivity contribution < 1.29 is 9.47 Å². The molecule has 1 aromatic carbocycles. The van der Waals surface area contributed by atoms with Gasteiger partial charge in [-0.15, -0.1) is 0 Å². The second kappa shape index (κ2) is 4.96. The molecule has 1 atom stereocenters. The fourth-order valence-electron chi connectivity index (χ4n) is 1.72. The van der Waals surface area contributed by atoms with E-state index < -0.39 is 0 Å². The average Bonchev–Trinajstić information content (AvgIpc) is 2.30. The van der Waals surface area contributed by atoms with Crippen LogP contribution in [0.15, 0.2) is 22.7 Å². The van der Waals surface area contributed by atoms with E-state index in [-0.39, 0.29) is 6.10 Å². The maximum Gasteiger partial charge on any atom is 0.125 e. The maximum atomic E-state index is 5.69. The smallest absolute Gasteiger partial charge is 0.125 e. The predicted molar refractivity (Wildman–Crippen MR) is 62.3 cm³/mol. The Balaban J connectivity index is 2.25. The lowest BCUT2D eigenvalue weighted by Gasteiger charge is -2.25. The molecule has 1 N–H and O–H groups in total. The first kappa shape index (κ1) is 10.9. The number of hydrogen-bond donors (Lipinski definition) is 1. The summed E-state index contributed by atoms with van der Waals surface area (Å²) in [5, 5.41) is 3.31. The quantitative estimate of drug-likeness (QED) is 0.894. The van der Waals surface area contributed by atoms with Crippen molar-refractivity contribution in [1.29, 1.82) is 0 Å². The Hall–Kier alpha value is -0.580. The van der Waals surface area contributed by atoms with Crippen molar-refractivity contribution in [2.24, 2.45) is 0 Å². The largest absolute Gasteiger partial charge is 0.496 e. The van der Waals surface area contributed by atoms with Crippen LogP contribution in [0.4, 0.5) is 0 Å². The third kappa shape index (κ3) is 2.51. The summed E-state index contributed by atoms with van der Waals surface area (Å²) in [4.78, 5) is 0. The highest BCUT2D eigenvalue weighted by molar-refractivity contribution is 9.10. The highest BCUT2D eigenvalue weighted by Gasteiger charge is 2.19. The van der Waals surface area contributed by atoms with E-state index in [4.69, 9.17) is 9.47 Å². The lowest BCUT2D eigenvalue weighted by atomic mass is 10.1. The number of ether oxygens (including phenoxy) is 2. The van der Waals surface area contributed by atoms with Crippen molar-refractivity contribution >= 4 is 15.9 Å². The highest BCUT2D eigenvalue weighted by Crippen LogP contribution is 2.30. The van der Waals surface area contributed by atoms with Gasteiger partial charge >= 0.3 is 0 Å². The zero-order valence-corrected chi connectivity index (χ0v) is 10.2. The fourth-order valence-corrected chi connectivity index (χ4v) is 2.06. The summed E-state index contributed by atoms with van der Waals surface area (Å²) in [6, 6.07) is 6.02. The summed E-state index contributed by atoms with van der Waals surface area (Å²) >= 11 is 3.42. The Morgan fingerprint density at radius 3 is 3.07 bits per heavy atom. The van der Waals surface area contributed by atoms with Gasteiger partial charge in [0.1, 0.15) is 5.75 Å². The van der Waals surface area contributed by atoms with Gasteiger partial charge in [0, 0.05) is 23.1 Å². The molecule has 0 aliphatic carbocycles. The van der Waals surface area contributed by atoms with E-state index in [1.54, 1.807) is 7.11 Å². The van der Waals surface area contributed by atoms with Gasteiger partial charge in [0.2, 0.25) is 0 Å². The van der Waals surface area contributed by atoms with E-state index in [1.807, 2.05) is 18.2 Å². The maximum absolute atomic E-state index is 5.69. The van der Waals surface area contributed by atoms with Crippen LogP contribution in [0.2, 0.25) is 0 Å². The van der Waals surface area contributed by atoms with Gasteiger partial charge in [0.25, 0.3) is 0 Å². The molecule has 3 nitrogen and oxygen atoms in total. The van der Waals surface area contributed by atoms with Crippen molar-refractivity contribution in [2.75, 3.05) is 26.8 Å². The molecule has 0 aromatic heterocycles. The number of morpholine rings is 1. The third-order valence-corrected chi connectivity index (χ3v) is 2.96. The van der Waals surface area contributed by atoms with Crippen molar-refractivity contribution in [3.05, 3.63) is 28.2 Å². The Labute approximate surface area is 97.9 Å². The lowest BCUT2D eigenvalue weighted by Crippen LogP contribution is -2.33. The summed E-state index contributed by atoms with van der Waals surface area (Å²) in [6.07, 6.45) is 0.0989. The van der Waals surface area contributed by atoms with Gasteiger partial charge < -0.3 is 14.8 Å². The molecule has 1 aliphatic rings. The molecular formula is C11H14BrNO2. The number of methoxy groups -OCH3 is 1. The molecule has 82 valence electrons. The lowest BCUT2D eigenvalue weighted by molar-refractivity contribution is 0.0262. The topological polar surface area (TPSA) is 30.5 Å². The minimum atomic E-state index is 0.0989. The molecule has 2 rings (SSSR count). The highest BCUT2D eigenvalue weighted by atomic mass is 79.9. The first-order valence-electron chi connectivity index (χ1n) is 4.97. The van der Waals surface area contributed by atoms with Crippen LogP contribution < -0.4 is 10.1 Å². The van der Waals surface area contributed by atoms with E-state index in [1.165, 1.54) is 0 Å². The zero-order chi connectivity index (χ0) is 10.7. The van der Waals surface area contributed by atoms with Crippen LogP contribution in [0.5, 0.6) is 5.75 Å². The minimum absolute atomic E-state index is 0.0989. The van der Waals surface area contributed by atoms with Gasteiger partial charge in [0.05, 0.1) is 19.8 Å². The molecule has 1 fully saturated rings. The number of hydrogen-bond acceptors (Lipinski definition) is 3. The summed E-state index contributed by atoms with van der Waals surface area (Å²) < 4.78 is 12.1. The van der Waals surface area contributed by atoms with Crippen LogP contribution in [0.3, 0.4) is 0 Å². The van der Waals surface area contributed by atoms with E-state index >= 15 is 0 Å². The fraction of sp³-hybridized carbons (Fsp3) is 0.455. The molecule has 0 saturated carbocycles. The second-order valence-corrected chi connectivity index (χ2v) is 4.37. The molecular weight excluding hydrogens is 258 g/mol. The van der Waals surface area contributed by atoms with Crippen LogP contribution in [0.1, 0.15) is 11.7 Å². The van der Waals surface area contributed by atoms with Gasteiger partial charge in [-0.05, 0) is 12.1 Å². The molecule has 15 heavy (non-hydrogen) atoms. The van der Waals surface area contributed by atoms with Gasteiger partial charge in [-0.2, -0.15) is 0 Å². The first-order valence-corrected chi connectivity index (χ1v) is 5.76. The van der Waals surface area contributed by atoms with Crippen molar-refractivity contribution in [3.8, 4) is 5.75 Å². The second-order valence-electron chi connectivity index (χ2n) is 3.45. The standard InChI is InChI=1S/C11H14BrNO2/c1-14-10-6-8(12)2-3-9(10)11-7-13-4-5-15-11/h2-3,6,11,13H,4-5,7H2,1H3. The summed E-state index contributed by atoms with van der Waals surface area (Å²) in [5.74, 6) is 0.873. The van der Waals surface area contributed by atoms with Crippen LogP contribution in [-0.4, -0.2) is 26.8 Å². The average molecular weight is 272 g/mol. The van der Waals surface area contributed by atoms with Crippen molar-refractivity contribution in [2.45, 2.75) is 6.10 Å². The molecule has 1 aromatic rings. The molecule has 0 radical (unpaired) electrons. The molecule has 1 aliphatic heterocycles. The number of rotatable bonds is 2. The summed E-state index contributed by atoms with van der Waals surface area (Å²) in [6.45, 7) is 2.53. The van der Waals surface area contributed by atoms with Crippen LogP contribution in [0.25, 0.3) is 0 Å². The van der Waals surface area contributed by atoms with Crippen LogP contribution in [0, 0.1) is 0 Å². The number of benzene rings is 1. The van der Waals surface area contributed by atoms with E-state index in [0.717, 1.165) is 35.5 Å². The van der Waals surface area contributed by atoms with Crippen molar-refractivity contribution in [3.63, 3.8) is 0 Å². The van der Waals surface area contributed by atoms with Crippen LogP contribution in [-0.2, 0) is 4.74 Å². The minimum Gasteiger partial charge on any atom is -0.496 e. The number of halogens is 1. The Morgan fingerprint density at radius 1 is 1.53 bits per heavy atom. The Bertz CT molecular complexity index is 337. The normalized spacial score (nSPS) is 21.3. The zero-order valence-electron chi connectivity index (χ0n) is 8.63. The first-order chi connectivity index (χ1) is 7.31. The molecule has 4 heteroatoms. The third-order valence-electron chi connectivity index (χ3n) is 2.47. The Morgan fingerprint density at radius 2 is 2.40 bits per heavy atom. The monoisotopic (exact) mass is 271 g/mol. The van der Waals surface area contributed by atoms with Crippen LogP contribution >= 0.6 is 15.9 Å². The van der Waals surface area contributed by atoms with E-state index in [2.05, 4.69) is 21.2 Å². The Kier molecular flexibility index (Phi) is 3.61. The molecule has 1 saturated heterocycles. The summed E-state index contributed by atoms with van der Waals surface area (Å²) in [7, 11) is 1.68. The molecule has 1 unspecified atom stereocenters. The molecule has 0 bridgehead atoms. The van der Waals surface area contributed by atoms with Crippen molar-refractivity contribution in [1.82, 2.24) is 5.32 Å². The number of nitrogens with one attached hydrogen (secondary N) is 1. The van der Waals surface area contributed by atoms with Gasteiger partial charge in [-0.25, -0.2) is 0 Å². The molecule has 1 heterocycles. The SMILES string of the molecule is COc1cc(Br)ccc1C1CNCCO1. The van der Waals surface area contributed by atoms with Gasteiger partial charge in [-0.1, -0.05) is 22.0 Å². The van der Waals surface area contributed by atoms with E-state index in [0.29, 0.717) is 0 Å². The predicted octanol–water partition coefficient (Wildman–Crippen LogP) is 2.12. The van der Waals surface area contributed by atoms with Gasteiger partial charge in [0.15, 0.2) is 0 Å². The molecule has 0 spiro atoms. The summed E-state index contributed by atoms with van der Waals surface area (Å²) in [5.41, 5.74) is 1.10. The molecule has 0 amide bonds.